The number of hydrogen-bond donors (Lipinski definition) is 1. The molecule has 30 heavy (non-hydrogen) atoms. The van der Waals surface area contributed by atoms with E-state index in [1.165, 1.54) is 54.8 Å². The molecular weight excluding hydrogens is 390 g/mol. The predicted molar refractivity (Wildman–Crippen MR) is 123 cm³/mol. The van der Waals surface area contributed by atoms with Gasteiger partial charge in [0.15, 0.2) is 0 Å². The molecule has 6 rings (SSSR count). The molecule has 4 heterocycles. The van der Waals surface area contributed by atoms with E-state index in [4.69, 9.17) is 5.10 Å². The van der Waals surface area contributed by atoms with Crippen molar-refractivity contribution in [1.82, 2.24) is 24.0 Å². The Kier molecular flexibility index (Phi) is 4.39. The first-order chi connectivity index (χ1) is 14.8. The number of benzene rings is 2. The fourth-order valence-corrected chi connectivity index (χ4v) is 5.05. The van der Waals surface area contributed by atoms with E-state index in [0.717, 1.165) is 40.0 Å². The zero-order valence-electron chi connectivity index (χ0n) is 16.7. The molecule has 3 aromatic heterocycles. The molecule has 150 valence electrons. The molecule has 0 atom stereocenters. The maximum atomic E-state index is 4.96. The van der Waals surface area contributed by atoms with Crippen molar-refractivity contribution >= 4 is 33.3 Å². The monoisotopic (exact) mass is 413 g/mol. The standard InChI is InChI=1S/C24H23N5S/c1-4-10-28(11-5-1)15-17-8-9-21-18(12-17)13-22(26-21)24-20-6-2-3-7-23(20)29(27-24)19-14-25-30-16-19/h2-3,6-9,12-14,16,26H,1,4-5,10-11,15H2. The SMILES string of the molecule is c1ccc2c(c1)c(-c1cc3cc(CN4CCCCC4)ccc3[nH]1)nn2-c1cnsc1. The van der Waals surface area contributed by atoms with Crippen molar-refractivity contribution in [2.75, 3.05) is 13.1 Å². The average molecular weight is 414 g/mol. The first-order valence-corrected chi connectivity index (χ1v) is 11.4. The van der Waals surface area contributed by atoms with E-state index >= 15 is 0 Å². The van der Waals surface area contributed by atoms with Gasteiger partial charge in [0.1, 0.15) is 5.69 Å². The molecule has 0 saturated carbocycles. The molecule has 2 aromatic carbocycles. The first kappa shape index (κ1) is 17.9. The Labute approximate surface area is 179 Å². The summed E-state index contributed by atoms with van der Waals surface area (Å²) in [6.07, 6.45) is 5.89. The number of aromatic amines is 1. The number of aromatic nitrogens is 4. The van der Waals surface area contributed by atoms with E-state index < -0.39 is 0 Å². The predicted octanol–water partition coefficient (Wildman–Crippen LogP) is 5.62. The minimum Gasteiger partial charge on any atom is -0.353 e. The van der Waals surface area contributed by atoms with Crippen LogP contribution >= 0.6 is 11.5 Å². The van der Waals surface area contributed by atoms with Crippen molar-refractivity contribution in [3.8, 4) is 17.1 Å². The quantitative estimate of drug-likeness (QED) is 0.416. The molecule has 1 aliphatic heterocycles. The second-order valence-electron chi connectivity index (χ2n) is 8.10. The van der Waals surface area contributed by atoms with Crippen LogP contribution in [0.5, 0.6) is 0 Å². The van der Waals surface area contributed by atoms with Gasteiger partial charge in [-0.3, -0.25) is 4.90 Å². The van der Waals surface area contributed by atoms with E-state index in [-0.39, 0.29) is 0 Å². The number of piperidine rings is 1. The van der Waals surface area contributed by atoms with Crippen molar-refractivity contribution in [2.24, 2.45) is 0 Å². The summed E-state index contributed by atoms with van der Waals surface area (Å²) in [6, 6.07) is 17.4. The lowest BCUT2D eigenvalue weighted by Crippen LogP contribution is -2.28. The second kappa shape index (κ2) is 7.38. The number of nitrogens with zero attached hydrogens (tertiary/aromatic N) is 4. The fourth-order valence-electron chi connectivity index (χ4n) is 4.55. The van der Waals surface area contributed by atoms with Gasteiger partial charge in [0, 0.05) is 28.2 Å². The van der Waals surface area contributed by atoms with Gasteiger partial charge >= 0.3 is 0 Å². The number of rotatable bonds is 4. The van der Waals surface area contributed by atoms with Crippen LogP contribution in [0.15, 0.2) is 60.1 Å². The van der Waals surface area contributed by atoms with Crippen molar-refractivity contribution in [1.29, 1.82) is 0 Å². The van der Waals surface area contributed by atoms with E-state index in [9.17, 15) is 0 Å². The van der Waals surface area contributed by atoms with Crippen LogP contribution in [0, 0.1) is 0 Å². The van der Waals surface area contributed by atoms with Crippen LogP contribution in [0.1, 0.15) is 24.8 Å². The van der Waals surface area contributed by atoms with Gasteiger partial charge < -0.3 is 4.98 Å². The van der Waals surface area contributed by atoms with Crippen molar-refractivity contribution in [2.45, 2.75) is 25.8 Å². The molecule has 5 nitrogen and oxygen atoms in total. The van der Waals surface area contributed by atoms with Crippen molar-refractivity contribution < 1.29 is 0 Å². The van der Waals surface area contributed by atoms with Gasteiger partial charge in [-0.05, 0) is 67.3 Å². The molecule has 1 aliphatic rings. The Bertz CT molecular complexity index is 1310. The Hall–Kier alpha value is -2.96. The highest BCUT2D eigenvalue weighted by molar-refractivity contribution is 7.03. The largest absolute Gasteiger partial charge is 0.353 e. The average Bonchev–Trinajstić information content (AvgIpc) is 3.52. The zero-order chi connectivity index (χ0) is 19.9. The zero-order valence-corrected chi connectivity index (χ0v) is 17.5. The van der Waals surface area contributed by atoms with Crippen LogP contribution < -0.4 is 0 Å². The lowest BCUT2D eigenvalue weighted by molar-refractivity contribution is 0.221. The maximum Gasteiger partial charge on any atom is 0.117 e. The van der Waals surface area contributed by atoms with Gasteiger partial charge in [0.2, 0.25) is 0 Å². The third-order valence-electron chi connectivity index (χ3n) is 6.05. The molecule has 0 amide bonds. The minimum absolute atomic E-state index is 0.977. The highest BCUT2D eigenvalue weighted by Gasteiger charge is 2.16. The van der Waals surface area contributed by atoms with Gasteiger partial charge in [0.05, 0.1) is 23.1 Å². The summed E-state index contributed by atoms with van der Waals surface area (Å²) in [4.78, 5) is 6.16. The van der Waals surface area contributed by atoms with E-state index in [1.54, 1.807) is 0 Å². The third-order valence-corrected chi connectivity index (χ3v) is 6.62. The number of para-hydroxylation sites is 1. The normalized spacial score (nSPS) is 15.3. The fraction of sp³-hybridized carbons (Fsp3) is 0.250. The lowest BCUT2D eigenvalue weighted by Gasteiger charge is -2.26. The summed E-state index contributed by atoms with van der Waals surface area (Å²) >= 11 is 1.44. The molecule has 0 unspecified atom stereocenters. The summed E-state index contributed by atoms with van der Waals surface area (Å²) in [5.74, 6) is 0. The van der Waals surface area contributed by atoms with Crippen molar-refractivity contribution in [3.05, 3.63) is 65.7 Å². The number of hydrogen-bond acceptors (Lipinski definition) is 4. The molecular formula is C24H23N5S. The second-order valence-corrected chi connectivity index (χ2v) is 8.76. The first-order valence-electron chi connectivity index (χ1n) is 10.6. The molecule has 1 saturated heterocycles. The van der Waals surface area contributed by atoms with Crippen LogP contribution in [-0.4, -0.2) is 37.1 Å². The van der Waals surface area contributed by atoms with E-state index in [2.05, 4.69) is 62.8 Å². The van der Waals surface area contributed by atoms with Crippen molar-refractivity contribution in [3.63, 3.8) is 0 Å². The minimum atomic E-state index is 0.977. The van der Waals surface area contributed by atoms with Gasteiger partial charge in [-0.15, -0.1) is 0 Å². The van der Waals surface area contributed by atoms with Gasteiger partial charge in [-0.2, -0.15) is 9.47 Å². The number of likely N-dealkylation sites (tertiary alicyclic amines) is 1. The smallest absolute Gasteiger partial charge is 0.117 e. The highest BCUT2D eigenvalue weighted by Crippen LogP contribution is 2.32. The summed E-state index contributed by atoms with van der Waals surface area (Å²) in [7, 11) is 0. The molecule has 1 N–H and O–H groups in total. The van der Waals surface area contributed by atoms with E-state index in [0.29, 0.717) is 0 Å². The van der Waals surface area contributed by atoms with E-state index in [1.807, 2.05) is 16.3 Å². The van der Waals surface area contributed by atoms with Gasteiger partial charge in [0.25, 0.3) is 0 Å². The molecule has 1 fully saturated rings. The van der Waals surface area contributed by atoms with Crippen LogP contribution in [0.4, 0.5) is 0 Å². The summed E-state index contributed by atoms with van der Waals surface area (Å²) in [6.45, 7) is 3.48. The molecule has 0 bridgehead atoms. The Morgan fingerprint density at radius 1 is 1.00 bits per heavy atom. The Balaban J connectivity index is 1.40. The molecule has 0 radical (unpaired) electrons. The molecule has 0 spiro atoms. The number of nitrogens with one attached hydrogen (secondary N) is 1. The van der Waals surface area contributed by atoms with Crippen LogP contribution in [0.25, 0.3) is 38.9 Å². The number of H-pyrrole nitrogens is 1. The summed E-state index contributed by atoms with van der Waals surface area (Å²) in [5, 5.41) is 9.37. The van der Waals surface area contributed by atoms with Crippen LogP contribution in [0.3, 0.4) is 0 Å². The van der Waals surface area contributed by atoms with Gasteiger partial charge in [-0.25, -0.2) is 4.68 Å². The molecule has 6 heteroatoms. The summed E-state index contributed by atoms with van der Waals surface area (Å²) in [5.41, 5.74) is 6.67. The lowest BCUT2D eigenvalue weighted by atomic mass is 10.1. The molecule has 0 aliphatic carbocycles. The maximum absolute atomic E-state index is 4.96. The van der Waals surface area contributed by atoms with Gasteiger partial charge in [-0.1, -0.05) is 30.7 Å². The van der Waals surface area contributed by atoms with Crippen LogP contribution in [-0.2, 0) is 6.54 Å². The highest BCUT2D eigenvalue weighted by atomic mass is 32.1. The number of fused-ring (bicyclic) bond motifs is 2. The Morgan fingerprint density at radius 3 is 2.77 bits per heavy atom. The topological polar surface area (TPSA) is 49.7 Å². The summed E-state index contributed by atoms with van der Waals surface area (Å²) < 4.78 is 6.24. The third kappa shape index (κ3) is 3.13. The van der Waals surface area contributed by atoms with Crippen LogP contribution in [0.2, 0.25) is 0 Å². The molecule has 5 aromatic rings. The Morgan fingerprint density at radius 2 is 1.90 bits per heavy atom.